The standard InChI is InChI=1S/C17H27N7O/c1-4-13(2)24-16(7-8-19-24)21-17(25)14(3)23-9-5-6-15(23)10-22-12-18-11-20-22/h7-8,11-15H,4-6,9-10H2,1-3H3,(H,21,25). The number of hydrogen-bond acceptors (Lipinski definition) is 5. The molecule has 3 rings (SSSR count). The summed E-state index contributed by atoms with van der Waals surface area (Å²) in [5.41, 5.74) is 0. The highest BCUT2D eigenvalue weighted by molar-refractivity contribution is 5.93. The lowest BCUT2D eigenvalue weighted by Gasteiger charge is -2.29. The van der Waals surface area contributed by atoms with Crippen LogP contribution >= 0.6 is 0 Å². The summed E-state index contributed by atoms with van der Waals surface area (Å²) in [5, 5.41) is 11.6. The van der Waals surface area contributed by atoms with Crippen molar-refractivity contribution in [2.24, 2.45) is 0 Å². The van der Waals surface area contributed by atoms with Gasteiger partial charge in [-0.15, -0.1) is 0 Å². The summed E-state index contributed by atoms with van der Waals surface area (Å²) in [6, 6.07) is 2.22. The fraction of sp³-hybridized carbons (Fsp3) is 0.647. The molecular formula is C17H27N7O. The molecule has 3 unspecified atom stereocenters. The van der Waals surface area contributed by atoms with Gasteiger partial charge in [-0.25, -0.2) is 9.67 Å². The maximum Gasteiger partial charge on any atom is 0.242 e. The zero-order chi connectivity index (χ0) is 17.8. The molecule has 2 aromatic heterocycles. The Morgan fingerprint density at radius 3 is 2.96 bits per heavy atom. The number of hydrogen-bond donors (Lipinski definition) is 1. The molecule has 1 aliphatic heterocycles. The van der Waals surface area contributed by atoms with Crippen LogP contribution in [0.3, 0.4) is 0 Å². The van der Waals surface area contributed by atoms with Crippen molar-refractivity contribution >= 4 is 11.7 Å². The Kier molecular flexibility index (Phi) is 5.47. The molecule has 136 valence electrons. The molecule has 0 aromatic carbocycles. The zero-order valence-corrected chi connectivity index (χ0v) is 15.2. The van der Waals surface area contributed by atoms with Crippen molar-refractivity contribution in [3.8, 4) is 0 Å². The molecule has 2 aromatic rings. The topological polar surface area (TPSA) is 80.9 Å². The van der Waals surface area contributed by atoms with E-state index >= 15 is 0 Å². The largest absolute Gasteiger partial charge is 0.310 e. The van der Waals surface area contributed by atoms with Gasteiger partial charge >= 0.3 is 0 Å². The Hall–Kier alpha value is -2.22. The van der Waals surface area contributed by atoms with Gasteiger partial charge in [0.1, 0.15) is 18.5 Å². The Bertz CT molecular complexity index is 681. The molecule has 3 atom stereocenters. The van der Waals surface area contributed by atoms with Gasteiger partial charge in [0.2, 0.25) is 5.91 Å². The van der Waals surface area contributed by atoms with Gasteiger partial charge < -0.3 is 5.32 Å². The van der Waals surface area contributed by atoms with Gasteiger partial charge in [0.05, 0.1) is 24.8 Å². The number of amides is 1. The normalized spacial score (nSPS) is 20.5. The number of carbonyl (C=O) groups excluding carboxylic acids is 1. The van der Waals surface area contributed by atoms with Crippen molar-refractivity contribution in [2.45, 2.75) is 64.7 Å². The van der Waals surface area contributed by atoms with E-state index in [1.54, 1.807) is 18.9 Å². The first kappa shape index (κ1) is 17.6. The molecule has 0 aliphatic carbocycles. The maximum absolute atomic E-state index is 12.8. The second kappa shape index (κ2) is 7.77. The van der Waals surface area contributed by atoms with Gasteiger partial charge in [-0.05, 0) is 39.7 Å². The first-order valence-electron chi connectivity index (χ1n) is 9.02. The molecular weight excluding hydrogens is 318 g/mol. The minimum Gasteiger partial charge on any atom is -0.310 e. The first-order chi connectivity index (χ1) is 12.1. The second-order valence-electron chi connectivity index (χ2n) is 6.73. The van der Waals surface area contributed by atoms with Gasteiger partial charge in [-0.3, -0.25) is 14.4 Å². The molecule has 1 saturated heterocycles. The van der Waals surface area contributed by atoms with Gasteiger partial charge in [0, 0.05) is 12.1 Å². The molecule has 0 radical (unpaired) electrons. The lowest BCUT2D eigenvalue weighted by Crippen LogP contribution is -2.46. The van der Waals surface area contributed by atoms with E-state index in [1.807, 2.05) is 22.4 Å². The molecule has 0 saturated carbocycles. The molecule has 25 heavy (non-hydrogen) atoms. The van der Waals surface area contributed by atoms with Crippen LogP contribution in [0.25, 0.3) is 0 Å². The monoisotopic (exact) mass is 345 g/mol. The van der Waals surface area contributed by atoms with Crippen LogP contribution in [0, 0.1) is 0 Å². The molecule has 1 amide bonds. The van der Waals surface area contributed by atoms with Gasteiger partial charge in [-0.1, -0.05) is 6.92 Å². The van der Waals surface area contributed by atoms with Gasteiger partial charge in [0.15, 0.2) is 0 Å². The number of anilines is 1. The number of aromatic nitrogens is 5. The van der Waals surface area contributed by atoms with Gasteiger partial charge in [0.25, 0.3) is 0 Å². The van der Waals surface area contributed by atoms with E-state index in [9.17, 15) is 4.79 Å². The summed E-state index contributed by atoms with van der Waals surface area (Å²) in [5.74, 6) is 0.772. The van der Waals surface area contributed by atoms with Crippen LogP contribution in [0.5, 0.6) is 0 Å². The van der Waals surface area contributed by atoms with Gasteiger partial charge in [-0.2, -0.15) is 10.2 Å². The van der Waals surface area contributed by atoms with Crippen molar-refractivity contribution < 1.29 is 4.79 Å². The minimum absolute atomic E-state index is 0.00976. The molecule has 8 nitrogen and oxygen atoms in total. The Labute approximate surface area is 148 Å². The van der Waals surface area contributed by atoms with E-state index in [4.69, 9.17) is 0 Å². The van der Waals surface area contributed by atoms with Crippen LogP contribution < -0.4 is 5.32 Å². The highest BCUT2D eigenvalue weighted by Gasteiger charge is 2.32. The lowest BCUT2D eigenvalue weighted by molar-refractivity contribution is -0.121. The molecule has 1 N–H and O–H groups in total. The summed E-state index contributed by atoms with van der Waals surface area (Å²) < 4.78 is 3.72. The SMILES string of the molecule is CCC(C)n1nccc1NC(=O)C(C)N1CCCC1Cn1cncn1. The van der Waals surface area contributed by atoms with E-state index in [2.05, 4.69) is 39.2 Å². The quantitative estimate of drug-likeness (QED) is 0.829. The van der Waals surface area contributed by atoms with Crippen molar-refractivity contribution in [3.05, 3.63) is 24.9 Å². The average molecular weight is 345 g/mol. The number of nitrogens with zero attached hydrogens (tertiary/aromatic N) is 6. The summed E-state index contributed by atoms with van der Waals surface area (Å²) >= 11 is 0. The third kappa shape index (κ3) is 3.89. The summed E-state index contributed by atoms with van der Waals surface area (Å²) in [4.78, 5) is 19.0. The molecule has 0 spiro atoms. The number of rotatable bonds is 7. The number of likely N-dealkylation sites (tertiary alicyclic amines) is 1. The van der Waals surface area contributed by atoms with Crippen molar-refractivity contribution in [3.63, 3.8) is 0 Å². The first-order valence-corrected chi connectivity index (χ1v) is 9.02. The molecule has 3 heterocycles. The zero-order valence-electron chi connectivity index (χ0n) is 15.2. The van der Waals surface area contributed by atoms with Crippen LogP contribution in [0.2, 0.25) is 0 Å². The minimum atomic E-state index is -0.198. The van der Waals surface area contributed by atoms with Crippen molar-refractivity contribution in [2.75, 3.05) is 11.9 Å². The summed E-state index contributed by atoms with van der Waals surface area (Å²) in [6.45, 7) is 7.88. The molecule has 1 aliphatic rings. The summed E-state index contributed by atoms with van der Waals surface area (Å²) in [7, 11) is 0. The van der Waals surface area contributed by atoms with Crippen molar-refractivity contribution in [1.29, 1.82) is 0 Å². The van der Waals surface area contributed by atoms with Crippen LogP contribution in [0.4, 0.5) is 5.82 Å². The number of nitrogens with one attached hydrogen (secondary N) is 1. The van der Waals surface area contributed by atoms with E-state index in [-0.39, 0.29) is 18.0 Å². The predicted molar refractivity (Wildman–Crippen MR) is 95.1 cm³/mol. The van der Waals surface area contributed by atoms with E-state index in [0.717, 1.165) is 38.2 Å². The Morgan fingerprint density at radius 2 is 2.24 bits per heavy atom. The van der Waals surface area contributed by atoms with Crippen LogP contribution in [0.15, 0.2) is 24.9 Å². The lowest BCUT2D eigenvalue weighted by atomic mass is 10.2. The fourth-order valence-corrected chi connectivity index (χ4v) is 3.43. The highest BCUT2D eigenvalue weighted by atomic mass is 16.2. The van der Waals surface area contributed by atoms with Crippen LogP contribution in [-0.4, -0.2) is 54.0 Å². The van der Waals surface area contributed by atoms with Crippen LogP contribution in [0.1, 0.15) is 46.1 Å². The average Bonchev–Trinajstić information content (AvgIpc) is 3.35. The van der Waals surface area contributed by atoms with Crippen molar-refractivity contribution in [1.82, 2.24) is 29.4 Å². The Morgan fingerprint density at radius 1 is 1.40 bits per heavy atom. The fourth-order valence-electron chi connectivity index (χ4n) is 3.43. The smallest absolute Gasteiger partial charge is 0.242 e. The third-order valence-corrected chi connectivity index (χ3v) is 5.09. The third-order valence-electron chi connectivity index (χ3n) is 5.09. The summed E-state index contributed by atoms with van der Waals surface area (Å²) in [6.07, 6.45) is 8.14. The second-order valence-corrected chi connectivity index (χ2v) is 6.73. The highest BCUT2D eigenvalue weighted by Crippen LogP contribution is 2.23. The van der Waals surface area contributed by atoms with Crippen LogP contribution in [-0.2, 0) is 11.3 Å². The molecule has 8 heteroatoms. The molecule has 1 fully saturated rings. The Balaban J connectivity index is 1.64. The van der Waals surface area contributed by atoms with E-state index in [0.29, 0.717) is 6.04 Å². The van der Waals surface area contributed by atoms with E-state index < -0.39 is 0 Å². The molecule has 0 bridgehead atoms. The van der Waals surface area contributed by atoms with E-state index in [1.165, 1.54) is 0 Å². The number of carbonyl (C=O) groups is 1. The maximum atomic E-state index is 12.8. The predicted octanol–water partition coefficient (Wildman–Crippen LogP) is 1.94.